The highest BCUT2D eigenvalue weighted by Gasteiger charge is 2.09. The molecule has 30 heavy (non-hydrogen) atoms. The van der Waals surface area contributed by atoms with E-state index in [4.69, 9.17) is 27.9 Å². The second-order valence-corrected chi connectivity index (χ2v) is 8.05. The van der Waals surface area contributed by atoms with Crippen LogP contribution >= 0.6 is 35.0 Å². The molecule has 0 saturated heterocycles. The number of benzene rings is 3. The highest BCUT2D eigenvalue weighted by atomic mass is 35.5. The van der Waals surface area contributed by atoms with Gasteiger partial charge in [0.1, 0.15) is 5.75 Å². The summed E-state index contributed by atoms with van der Waals surface area (Å²) < 4.78 is 5.32. The molecule has 3 rings (SSSR count). The van der Waals surface area contributed by atoms with Gasteiger partial charge in [0.15, 0.2) is 6.61 Å². The van der Waals surface area contributed by atoms with Gasteiger partial charge in [0.2, 0.25) is 0 Å². The Hall–Kier alpha value is -2.67. The van der Waals surface area contributed by atoms with Gasteiger partial charge in [0.25, 0.3) is 11.8 Å². The number of thioether (sulfide) groups is 1. The first-order valence-corrected chi connectivity index (χ1v) is 10.7. The van der Waals surface area contributed by atoms with Crippen molar-refractivity contribution < 1.29 is 14.3 Å². The van der Waals surface area contributed by atoms with Gasteiger partial charge in [-0.1, -0.05) is 47.5 Å². The molecule has 0 atom stereocenters. The maximum absolute atomic E-state index is 12.2. The van der Waals surface area contributed by atoms with Crippen LogP contribution in [0.1, 0.15) is 15.9 Å². The minimum atomic E-state index is -0.501. The quantitative estimate of drug-likeness (QED) is 0.378. The Labute approximate surface area is 188 Å². The molecular formula is C22H18Cl2N2O3S. The van der Waals surface area contributed by atoms with Crippen molar-refractivity contribution in [3.8, 4) is 5.75 Å². The maximum atomic E-state index is 12.2. The third-order valence-corrected chi connectivity index (χ3v) is 5.59. The molecule has 5 nitrogen and oxygen atoms in total. The number of nitrogens with one attached hydrogen (secondary N) is 2. The van der Waals surface area contributed by atoms with Crippen molar-refractivity contribution in [2.24, 2.45) is 0 Å². The number of carbonyl (C=O) groups is 2. The lowest BCUT2D eigenvalue weighted by Gasteiger charge is -2.10. The van der Waals surface area contributed by atoms with Gasteiger partial charge in [-0.2, -0.15) is 0 Å². The average molecular weight is 461 g/mol. The zero-order valence-corrected chi connectivity index (χ0v) is 18.1. The maximum Gasteiger partial charge on any atom is 0.276 e. The van der Waals surface area contributed by atoms with Crippen molar-refractivity contribution in [2.75, 3.05) is 6.61 Å². The normalized spacial score (nSPS) is 10.3. The van der Waals surface area contributed by atoms with Crippen LogP contribution in [0.4, 0.5) is 0 Å². The molecule has 0 aromatic heterocycles. The number of hydrogen-bond donors (Lipinski definition) is 2. The van der Waals surface area contributed by atoms with Gasteiger partial charge < -0.3 is 4.74 Å². The zero-order chi connectivity index (χ0) is 21.3. The summed E-state index contributed by atoms with van der Waals surface area (Å²) in [4.78, 5) is 25.2. The van der Waals surface area contributed by atoms with E-state index in [0.717, 1.165) is 16.2 Å². The highest BCUT2D eigenvalue weighted by molar-refractivity contribution is 7.98. The number of ether oxygens (including phenoxy) is 1. The molecule has 2 N–H and O–H groups in total. The smallest absolute Gasteiger partial charge is 0.276 e. The van der Waals surface area contributed by atoms with Crippen molar-refractivity contribution in [1.82, 2.24) is 10.9 Å². The summed E-state index contributed by atoms with van der Waals surface area (Å²) in [7, 11) is 0. The first-order valence-electron chi connectivity index (χ1n) is 8.95. The number of amides is 2. The van der Waals surface area contributed by atoms with Crippen LogP contribution in [0.15, 0.2) is 77.7 Å². The molecule has 3 aromatic carbocycles. The molecule has 3 aromatic rings. The molecule has 0 aliphatic rings. The van der Waals surface area contributed by atoms with Gasteiger partial charge in [-0.15, -0.1) is 11.8 Å². The number of carbonyl (C=O) groups excluding carboxylic acids is 2. The highest BCUT2D eigenvalue weighted by Crippen LogP contribution is 2.24. The third kappa shape index (κ3) is 6.69. The van der Waals surface area contributed by atoms with Gasteiger partial charge in [0, 0.05) is 21.2 Å². The molecule has 0 fully saturated rings. The Morgan fingerprint density at radius 2 is 1.57 bits per heavy atom. The minimum absolute atomic E-state index is 0.273. The number of hydrogen-bond acceptors (Lipinski definition) is 4. The van der Waals surface area contributed by atoms with Crippen LogP contribution in [0.5, 0.6) is 5.75 Å². The summed E-state index contributed by atoms with van der Waals surface area (Å²) >= 11 is 13.5. The van der Waals surface area contributed by atoms with Crippen LogP contribution in [0.2, 0.25) is 10.0 Å². The molecule has 0 aliphatic heterocycles. The molecule has 154 valence electrons. The van der Waals surface area contributed by atoms with Crippen LogP contribution in [-0.2, 0) is 10.5 Å². The van der Waals surface area contributed by atoms with E-state index in [-0.39, 0.29) is 6.61 Å². The molecular weight excluding hydrogens is 443 g/mol. The van der Waals surface area contributed by atoms with E-state index in [9.17, 15) is 9.59 Å². The van der Waals surface area contributed by atoms with Crippen molar-refractivity contribution in [3.05, 3.63) is 94.0 Å². The first kappa shape index (κ1) is 22.0. The van der Waals surface area contributed by atoms with Crippen LogP contribution in [0, 0.1) is 0 Å². The predicted octanol–water partition coefficient (Wildman–Crippen LogP) is 5.13. The van der Waals surface area contributed by atoms with E-state index < -0.39 is 11.8 Å². The van der Waals surface area contributed by atoms with Crippen LogP contribution in [0.25, 0.3) is 0 Å². The lowest BCUT2D eigenvalue weighted by molar-refractivity contribution is -0.123. The van der Waals surface area contributed by atoms with E-state index >= 15 is 0 Å². The lowest BCUT2D eigenvalue weighted by Crippen LogP contribution is -2.43. The van der Waals surface area contributed by atoms with Gasteiger partial charge in [0.05, 0.1) is 5.02 Å². The molecule has 0 spiro atoms. The molecule has 0 heterocycles. The Morgan fingerprint density at radius 3 is 2.27 bits per heavy atom. The second kappa shape index (κ2) is 10.9. The fourth-order valence-electron chi connectivity index (χ4n) is 2.39. The average Bonchev–Trinajstić information content (AvgIpc) is 2.77. The van der Waals surface area contributed by atoms with Crippen molar-refractivity contribution in [2.45, 2.75) is 10.6 Å². The van der Waals surface area contributed by atoms with E-state index in [0.29, 0.717) is 21.4 Å². The summed E-state index contributed by atoms with van der Waals surface area (Å²) in [6.45, 7) is -0.273. The Bertz CT molecular complexity index is 1010. The second-order valence-electron chi connectivity index (χ2n) is 6.16. The summed E-state index contributed by atoms with van der Waals surface area (Å²) in [6, 6.07) is 21.6. The van der Waals surface area contributed by atoms with E-state index in [1.807, 2.05) is 36.4 Å². The van der Waals surface area contributed by atoms with Crippen molar-refractivity contribution in [1.29, 1.82) is 0 Å². The topological polar surface area (TPSA) is 67.4 Å². The van der Waals surface area contributed by atoms with Gasteiger partial charge in [-0.05, 0) is 54.1 Å². The summed E-state index contributed by atoms with van der Waals surface area (Å²) in [5.74, 6) is 0.240. The number of rotatable bonds is 7. The lowest BCUT2D eigenvalue weighted by atomic mass is 10.1. The largest absolute Gasteiger partial charge is 0.482 e. The van der Waals surface area contributed by atoms with Crippen molar-refractivity contribution >= 4 is 46.8 Å². The molecule has 0 saturated carbocycles. The fourth-order valence-corrected chi connectivity index (χ4v) is 3.56. The monoisotopic (exact) mass is 460 g/mol. The summed E-state index contributed by atoms with van der Waals surface area (Å²) in [6.07, 6.45) is 0. The van der Waals surface area contributed by atoms with Crippen LogP contribution in [-0.4, -0.2) is 18.4 Å². The van der Waals surface area contributed by atoms with Gasteiger partial charge in [-0.3, -0.25) is 20.4 Å². The predicted molar refractivity (Wildman–Crippen MR) is 120 cm³/mol. The van der Waals surface area contributed by atoms with E-state index in [1.54, 1.807) is 48.2 Å². The van der Waals surface area contributed by atoms with Gasteiger partial charge >= 0.3 is 0 Å². The zero-order valence-electron chi connectivity index (χ0n) is 15.7. The standard InChI is InChI=1S/C22H18Cl2N2O3S/c23-17-9-11-18(12-10-17)30-14-15-5-7-16(8-6-15)22(28)26-25-21(27)13-29-20-4-2-1-3-19(20)24/h1-12H,13-14H2,(H,25,27)(H,26,28). The number of halogens is 2. The van der Waals surface area contributed by atoms with Crippen LogP contribution in [0.3, 0.4) is 0 Å². The Morgan fingerprint density at radius 1 is 0.867 bits per heavy atom. The first-order chi connectivity index (χ1) is 14.5. The van der Waals surface area contributed by atoms with Crippen LogP contribution < -0.4 is 15.6 Å². The molecule has 8 heteroatoms. The molecule has 2 amide bonds. The number of hydrazine groups is 1. The minimum Gasteiger partial charge on any atom is -0.482 e. The molecule has 0 aliphatic carbocycles. The SMILES string of the molecule is O=C(COc1ccccc1Cl)NNC(=O)c1ccc(CSc2ccc(Cl)cc2)cc1. The third-order valence-electron chi connectivity index (χ3n) is 3.95. The number of para-hydroxylation sites is 1. The summed E-state index contributed by atoms with van der Waals surface area (Å²) in [5, 5.41) is 1.11. The summed E-state index contributed by atoms with van der Waals surface area (Å²) in [5.41, 5.74) is 6.18. The Kier molecular flexibility index (Phi) is 8.02. The fraction of sp³-hybridized carbons (Fsp3) is 0.0909. The van der Waals surface area contributed by atoms with E-state index in [2.05, 4.69) is 10.9 Å². The molecule has 0 radical (unpaired) electrons. The molecule has 0 unspecified atom stereocenters. The van der Waals surface area contributed by atoms with Crippen molar-refractivity contribution in [3.63, 3.8) is 0 Å². The molecule has 0 bridgehead atoms. The van der Waals surface area contributed by atoms with E-state index in [1.165, 1.54) is 0 Å². The Balaban J connectivity index is 1.43. The van der Waals surface area contributed by atoms with Gasteiger partial charge in [-0.25, -0.2) is 0 Å².